The minimum Gasteiger partial charge on any atom is -0.872 e. The van der Waals surface area contributed by atoms with Crippen molar-refractivity contribution in [3.63, 3.8) is 0 Å². The Labute approximate surface area is 414 Å². The van der Waals surface area contributed by atoms with Crippen LogP contribution >= 0.6 is 0 Å². The van der Waals surface area contributed by atoms with E-state index in [9.17, 15) is 39.6 Å². The first kappa shape index (κ1) is 51.2. The Morgan fingerprint density at radius 3 is 1.50 bits per heavy atom. The molecule has 0 saturated heterocycles. The predicted octanol–water partition coefficient (Wildman–Crippen LogP) is -7.35. The number of benzene rings is 4. The predicted molar refractivity (Wildman–Crippen MR) is 191 cm³/mol. The van der Waals surface area contributed by atoms with Gasteiger partial charge < -0.3 is 30.0 Å². The molecule has 12 heteroatoms. The van der Waals surface area contributed by atoms with Crippen LogP contribution < -0.4 is 139 Å². The zero-order valence-electron chi connectivity index (χ0n) is 32.8. The van der Waals surface area contributed by atoms with Gasteiger partial charge in [0.2, 0.25) is 0 Å². The molecule has 0 aromatic heterocycles. The molecule has 0 aliphatic heterocycles. The maximum atomic E-state index is 12.1. The molecule has 0 saturated carbocycles. The van der Waals surface area contributed by atoms with Gasteiger partial charge in [0.15, 0.2) is 11.6 Å². The summed E-state index contributed by atoms with van der Waals surface area (Å²) in [6, 6.07) is 22.5. The van der Waals surface area contributed by atoms with E-state index in [4.69, 9.17) is 0 Å². The average Bonchev–Trinajstić information content (AvgIpc) is 3.11. The van der Waals surface area contributed by atoms with Gasteiger partial charge in [-0.15, -0.1) is 11.5 Å². The fourth-order valence-corrected chi connectivity index (χ4v) is 6.03. The number of rotatable bonds is 6. The molecule has 56 heavy (non-hydrogen) atoms. The molecular weight excluding hydrogens is 748 g/mol. The van der Waals surface area contributed by atoms with Crippen molar-refractivity contribution in [3.05, 3.63) is 188 Å². The molecule has 0 radical (unpaired) electrons. The van der Waals surface area contributed by atoms with Gasteiger partial charge in [-0.1, -0.05) is 103 Å². The molecule has 260 valence electrons. The van der Waals surface area contributed by atoms with Crippen LogP contribution in [0, 0.1) is 13.8 Å². The van der Waals surface area contributed by atoms with Gasteiger partial charge in [-0.2, -0.15) is 0 Å². The summed E-state index contributed by atoms with van der Waals surface area (Å²) >= 11 is 0. The Kier molecular flexibility index (Phi) is 21.0. The Bertz CT molecular complexity index is 2330. The first-order valence-electron chi connectivity index (χ1n) is 16.2. The summed E-state index contributed by atoms with van der Waals surface area (Å²) in [5.74, 6) is -2.99. The van der Waals surface area contributed by atoms with E-state index >= 15 is 0 Å². The normalized spacial score (nSPS) is 13.5. The third-order valence-corrected chi connectivity index (χ3v) is 8.70. The number of carboxylic acids is 2. The number of allylic oxidation sites excluding steroid dienone is 10. The van der Waals surface area contributed by atoms with Gasteiger partial charge in [0, 0.05) is 11.1 Å². The third-order valence-electron chi connectivity index (χ3n) is 8.70. The Balaban J connectivity index is 0.000000527. The van der Waals surface area contributed by atoms with E-state index in [2.05, 4.69) is 0 Å². The van der Waals surface area contributed by atoms with Gasteiger partial charge in [0.05, 0.1) is 11.9 Å². The first-order valence-corrected chi connectivity index (χ1v) is 16.2. The van der Waals surface area contributed by atoms with Crippen molar-refractivity contribution in [1.82, 2.24) is 0 Å². The van der Waals surface area contributed by atoms with E-state index in [0.29, 0.717) is 44.5 Å². The third kappa shape index (κ3) is 12.1. The molecule has 0 atom stereocenters. The number of aryl methyl sites for hydroxylation is 2. The van der Waals surface area contributed by atoms with Crippen LogP contribution in [0.1, 0.15) is 67.9 Å². The van der Waals surface area contributed by atoms with Crippen LogP contribution in [0.15, 0.2) is 144 Å². The van der Waals surface area contributed by atoms with Crippen LogP contribution in [-0.2, 0) is 9.59 Å². The maximum absolute atomic E-state index is 12.1. The monoisotopic (exact) mass is 780 g/mol. The topological polar surface area (TPSA) is 161 Å². The number of hydrogen-bond donors (Lipinski definition) is 0. The van der Waals surface area contributed by atoms with Crippen LogP contribution in [0.25, 0.3) is 11.1 Å². The van der Waals surface area contributed by atoms with E-state index in [-0.39, 0.29) is 152 Å². The molecule has 2 aliphatic rings. The zero-order valence-corrected chi connectivity index (χ0v) is 40.8. The zero-order chi connectivity index (χ0) is 37.7. The number of hydrogen-bond acceptors (Lipinski definition) is 8. The quantitative estimate of drug-likeness (QED) is 0.175. The maximum Gasteiger partial charge on any atom is 1.00 e. The van der Waals surface area contributed by atoms with Gasteiger partial charge in [0.1, 0.15) is 0 Å². The number of carboxylic acid groups (broad SMARTS) is 2. The number of carbonyl (C=O) groups is 4. The van der Waals surface area contributed by atoms with Crippen LogP contribution in [0.3, 0.4) is 0 Å². The molecule has 0 fully saturated rings. The second-order valence-corrected chi connectivity index (χ2v) is 12.3. The van der Waals surface area contributed by atoms with E-state index < -0.39 is 11.9 Å². The van der Waals surface area contributed by atoms with Crippen molar-refractivity contribution in [1.29, 1.82) is 0 Å². The van der Waals surface area contributed by atoms with Crippen LogP contribution in [0.5, 0.6) is 11.5 Å². The van der Waals surface area contributed by atoms with E-state index in [0.717, 1.165) is 22.3 Å². The van der Waals surface area contributed by atoms with Crippen molar-refractivity contribution in [3.8, 4) is 11.5 Å². The van der Waals surface area contributed by atoms with Crippen molar-refractivity contribution in [2.24, 2.45) is 0 Å². The van der Waals surface area contributed by atoms with Gasteiger partial charge in [-0.3, -0.25) is 9.59 Å². The molecule has 0 bridgehead atoms. The molecule has 6 rings (SSSR count). The minimum absolute atomic E-state index is 0. The molecule has 0 heterocycles. The van der Waals surface area contributed by atoms with Crippen LogP contribution in [0.4, 0.5) is 0 Å². The second kappa shape index (κ2) is 23.0. The number of ketones is 2. The summed E-state index contributed by atoms with van der Waals surface area (Å²) < 4.78 is 0. The minimum atomic E-state index is -1.29. The molecule has 8 nitrogen and oxygen atoms in total. The van der Waals surface area contributed by atoms with Gasteiger partial charge >= 0.3 is 118 Å². The van der Waals surface area contributed by atoms with Crippen molar-refractivity contribution < 1.29 is 158 Å². The molecule has 2 aliphatic carbocycles. The fraction of sp³-hybridized carbons (Fsp3) is 0.0909. The van der Waals surface area contributed by atoms with Gasteiger partial charge in [-0.25, -0.2) is 0 Å². The van der Waals surface area contributed by atoms with Crippen molar-refractivity contribution in [2.75, 3.05) is 0 Å². The standard InChI is InChI=1S/C24H22O4.C20H14O4.4Na/c1-13-11-21(25)15(3)9-19(13)23(17-7-5-6-8-18(17)24(27)28)20-10-16(4)22(26)12-14(20)2;21-15-9-5-13(6-10-15)19(14-7-11-16(22)12-8-14)17-3-1-2-4-18(17)20(23)24;;;;/h5-12,25H,1-4H3,(H,27,28);1-12,21H,(H,23,24);;;;/q;;4*+1/p-4/b23-20-;;;;;. The fourth-order valence-electron chi connectivity index (χ4n) is 6.03. The Morgan fingerprint density at radius 1 is 0.518 bits per heavy atom. The van der Waals surface area contributed by atoms with Crippen LogP contribution in [-0.4, -0.2) is 23.5 Å². The molecular formula is C44H32Na4O8. The molecule has 0 amide bonds. The molecule has 4 aromatic rings. The summed E-state index contributed by atoms with van der Waals surface area (Å²) in [6.07, 6.45) is 9.43. The smallest absolute Gasteiger partial charge is 0.872 e. The summed E-state index contributed by atoms with van der Waals surface area (Å²) in [4.78, 5) is 46.7. The van der Waals surface area contributed by atoms with E-state index in [1.807, 2.05) is 13.8 Å². The summed E-state index contributed by atoms with van der Waals surface area (Å²) in [5.41, 5.74) is 7.84. The Morgan fingerprint density at radius 2 is 1.00 bits per heavy atom. The molecule has 0 spiro atoms. The van der Waals surface area contributed by atoms with E-state index in [1.165, 1.54) is 36.4 Å². The Hall–Kier alpha value is -2.80. The van der Waals surface area contributed by atoms with E-state index in [1.54, 1.807) is 98.8 Å². The molecule has 0 N–H and O–H groups in total. The number of aromatic carboxylic acids is 2. The largest absolute Gasteiger partial charge is 1.00 e. The summed E-state index contributed by atoms with van der Waals surface area (Å²) in [5, 5.41) is 46.7. The summed E-state index contributed by atoms with van der Waals surface area (Å²) in [6.45, 7) is 7.10. The van der Waals surface area contributed by atoms with Crippen LogP contribution in [0.2, 0.25) is 0 Å². The average molecular weight is 781 g/mol. The van der Waals surface area contributed by atoms with Gasteiger partial charge in [0.25, 0.3) is 0 Å². The van der Waals surface area contributed by atoms with Gasteiger partial charge in [-0.05, 0) is 113 Å². The number of carbonyl (C=O) groups excluding carboxylic acids is 4. The first-order chi connectivity index (χ1) is 24.8. The summed E-state index contributed by atoms with van der Waals surface area (Å²) in [7, 11) is 0. The molecule has 4 aromatic carbocycles. The second-order valence-electron chi connectivity index (χ2n) is 12.3. The van der Waals surface area contributed by atoms with Crippen molar-refractivity contribution in [2.45, 2.75) is 27.7 Å². The SMILES string of the molecule is CC1=C/C(=C(/c2cc(C)c([O-])cc2C)c2ccccc2C(=O)[O-])C(C)=CC1=O.O=C1C=CC(=C(c2ccc([O-])cc2)c2ccccc2C(=O)[O-])C=C1.[Na+].[Na+].[Na+].[Na+]. The molecule has 0 unspecified atom stereocenters. The van der Waals surface area contributed by atoms with Crippen molar-refractivity contribution >= 4 is 34.7 Å².